The predicted molar refractivity (Wildman–Crippen MR) is 149 cm³/mol. The van der Waals surface area contributed by atoms with E-state index in [0.717, 1.165) is 30.5 Å². The van der Waals surface area contributed by atoms with Gasteiger partial charge in [0.1, 0.15) is 17.6 Å². The molecule has 2 amide bonds. The van der Waals surface area contributed by atoms with E-state index in [2.05, 4.69) is 10.0 Å². The zero-order chi connectivity index (χ0) is 28.4. The maximum absolute atomic E-state index is 13.2. The number of hydrogen-bond donors (Lipinski definition) is 2. The summed E-state index contributed by atoms with van der Waals surface area (Å²) in [5.74, 6) is -0.894. The molecule has 11 heteroatoms. The largest absolute Gasteiger partial charge is 0.484 e. The van der Waals surface area contributed by atoms with Crippen molar-refractivity contribution >= 4 is 39.1 Å². The molecule has 0 radical (unpaired) electrons. The first-order valence-electron chi connectivity index (χ1n) is 12.4. The average molecular weight is 576 g/mol. The van der Waals surface area contributed by atoms with Crippen LogP contribution in [0.4, 0.5) is 10.1 Å². The van der Waals surface area contributed by atoms with Crippen molar-refractivity contribution in [3.05, 3.63) is 89.2 Å². The summed E-state index contributed by atoms with van der Waals surface area (Å²) in [5, 5.41) is 3.41. The molecular weight excluding hydrogens is 545 g/mol. The summed E-state index contributed by atoms with van der Waals surface area (Å²) in [6.45, 7) is 4.01. The number of amides is 2. The molecule has 3 aromatic rings. The molecule has 8 nitrogen and oxygen atoms in total. The van der Waals surface area contributed by atoms with Gasteiger partial charge in [0.05, 0.1) is 4.90 Å². The molecule has 39 heavy (non-hydrogen) atoms. The van der Waals surface area contributed by atoms with E-state index in [9.17, 15) is 22.4 Å². The lowest BCUT2D eigenvalue weighted by atomic mass is 10.1. The van der Waals surface area contributed by atoms with Crippen LogP contribution in [-0.4, -0.2) is 44.3 Å². The quantitative estimate of drug-likeness (QED) is 0.279. The number of halogens is 2. The zero-order valence-electron chi connectivity index (χ0n) is 21.7. The first-order chi connectivity index (χ1) is 18.6. The molecule has 0 saturated heterocycles. The summed E-state index contributed by atoms with van der Waals surface area (Å²) >= 11 is 5.98. The minimum absolute atomic E-state index is 0.0350. The number of rotatable bonds is 13. The molecule has 0 fully saturated rings. The molecular formula is C28H31ClFN3O5S. The Bertz CT molecular complexity index is 1350. The van der Waals surface area contributed by atoms with Crippen LogP contribution < -0.4 is 14.8 Å². The fourth-order valence-electron chi connectivity index (χ4n) is 3.58. The third kappa shape index (κ3) is 8.97. The van der Waals surface area contributed by atoms with Crippen LogP contribution in [0.1, 0.15) is 32.3 Å². The van der Waals surface area contributed by atoms with Gasteiger partial charge in [-0.05, 0) is 79.6 Å². The second-order valence-electron chi connectivity index (χ2n) is 8.84. The van der Waals surface area contributed by atoms with E-state index >= 15 is 0 Å². The van der Waals surface area contributed by atoms with E-state index < -0.39 is 27.8 Å². The van der Waals surface area contributed by atoms with E-state index in [1.165, 1.54) is 41.3 Å². The highest BCUT2D eigenvalue weighted by Gasteiger charge is 2.26. The number of carbonyl (C=O) groups is 2. The normalized spacial score (nSPS) is 11.9. The molecule has 1 atom stereocenters. The van der Waals surface area contributed by atoms with Crippen LogP contribution >= 0.6 is 11.6 Å². The molecule has 0 aliphatic rings. The third-order valence-corrected chi connectivity index (χ3v) is 7.50. The van der Waals surface area contributed by atoms with Crippen LogP contribution in [0.3, 0.4) is 0 Å². The summed E-state index contributed by atoms with van der Waals surface area (Å²) in [6.07, 6.45) is 1.76. The van der Waals surface area contributed by atoms with Gasteiger partial charge in [-0.15, -0.1) is 0 Å². The smallest absolute Gasteiger partial charge is 0.261 e. The SMILES string of the molecule is CCCCNC(=O)[C@H](C)N(Cc1ccc(Cl)cc1)C(=O)COc1ccc(S(=O)(=O)Nc2ccc(F)cc2)cc1. The molecule has 0 spiro atoms. The zero-order valence-corrected chi connectivity index (χ0v) is 23.3. The summed E-state index contributed by atoms with van der Waals surface area (Å²) in [6, 6.07) is 16.7. The van der Waals surface area contributed by atoms with Gasteiger partial charge in [0.15, 0.2) is 6.61 Å². The summed E-state index contributed by atoms with van der Waals surface area (Å²) in [4.78, 5) is 27.3. The highest BCUT2D eigenvalue weighted by molar-refractivity contribution is 7.92. The Morgan fingerprint density at radius 2 is 1.64 bits per heavy atom. The minimum Gasteiger partial charge on any atom is -0.484 e. The molecule has 0 bridgehead atoms. The molecule has 0 heterocycles. The number of carbonyl (C=O) groups excluding carboxylic acids is 2. The number of nitrogens with one attached hydrogen (secondary N) is 2. The fraction of sp³-hybridized carbons (Fsp3) is 0.286. The molecule has 0 aliphatic carbocycles. The third-order valence-electron chi connectivity index (χ3n) is 5.86. The van der Waals surface area contributed by atoms with Crippen molar-refractivity contribution in [3.8, 4) is 5.75 Å². The number of hydrogen-bond acceptors (Lipinski definition) is 5. The van der Waals surface area contributed by atoms with Gasteiger partial charge in [-0.1, -0.05) is 37.1 Å². The van der Waals surface area contributed by atoms with Crippen LogP contribution in [0.2, 0.25) is 5.02 Å². The van der Waals surface area contributed by atoms with E-state index in [0.29, 0.717) is 11.6 Å². The van der Waals surface area contributed by atoms with Crippen molar-refractivity contribution < 1.29 is 27.1 Å². The van der Waals surface area contributed by atoms with Gasteiger partial charge in [0.25, 0.3) is 15.9 Å². The Balaban J connectivity index is 1.67. The van der Waals surface area contributed by atoms with Crippen molar-refractivity contribution in [2.45, 2.75) is 44.2 Å². The van der Waals surface area contributed by atoms with E-state index in [4.69, 9.17) is 16.3 Å². The van der Waals surface area contributed by atoms with Crippen LogP contribution in [0.15, 0.2) is 77.7 Å². The molecule has 3 rings (SSSR count). The molecule has 0 unspecified atom stereocenters. The Morgan fingerprint density at radius 3 is 2.26 bits per heavy atom. The fourth-order valence-corrected chi connectivity index (χ4v) is 4.76. The monoisotopic (exact) mass is 575 g/mol. The van der Waals surface area contributed by atoms with Gasteiger partial charge in [-0.2, -0.15) is 0 Å². The van der Waals surface area contributed by atoms with Gasteiger partial charge in [-0.25, -0.2) is 12.8 Å². The van der Waals surface area contributed by atoms with Crippen molar-refractivity contribution in [1.82, 2.24) is 10.2 Å². The molecule has 2 N–H and O–H groups in total. The summed E-state index contributed by atoms with van der Waals surface area (Å²) in [7, 11) is -3.91. The van der Waals surface area contributed by atoms with Crippen molar-refractivity contribution in [2.24, 2.45) is 0 Å². The van der Waals surface area contributed by atoms with Gasteiger partial charge in [-0.3, -0.25) is 14.3 Å². The second kappa shape index (κ2) is 14.0. The molecule has 0 aliphatic heterocycles. The van der Waals surface area contributed by atoms with Crippen LogP contribution in [0, 0.1) is 5.82 Å². The maximum Gasteiger partial charge on any atom is 0.261 e. The van der Waals surface area contributed by atoms with Crippen molar-refractivity contribution in [2.75, 3.05) is 17.9 Å². The topological polar surface area (TPSA) is 105 Å². The number of ether oxygens (including phenoxy) is 1. The maximum atomic E-state index is 13.2. The lowest BCUT2D eigenvalue weighted by molar-refractivity contribution is -0.142. The first-order valence-corrected chi connectivity index (χ1v) is 14.3. The number of unbranched alkanes of at least 4 members (excludes halogenated alkanes) is 1. The number of benzene rings is 3. The van der Waals surface area contributed by atoms with Gasteiger partial charge in [0.2, 0.25) is 5.91 Å². The van der Waals surface area contributed by atoms with Gasteiger partial charge in [0, 0.05) is 23.8 Å². The Labute approximate surface area is 233 Å². The lowest BCUT2D eigenvalue weighted by Crippen LogP contribution is -2.49. The molecule has 0 aromatic heterocycles. The van der Waals surface area contributed by atoms with Crippen LogP contribution in [-0.2, 0) is 26.2 Å². The van der Waals surface area contributed by atoms with E-state index in [-0.39, 0.29) is 35.4 Å². The highest BCUT2D eigenvalue weighted by Crippen LogP contribution is 2.20. The number of nitrogens with zero attached hydrogens (tertiary/aromatic N) is 1. The first kappa shape index (κ1) is 29.9. The lowest BCUT2D eigenvalue weighted by Gasteiger charge is -2.28. The Hall–Kier alpha value is -3.63. The van der Waals surface area contributed by atoms with Gasteiger partial charge >= 0.3 is 0 Å². The van der Waals surface area contributed by atoms with Crippen molar-refractivity contribution in [3.63, 3.8) is 0 Å². The van der Waals surface area contributed by atoms with Crippen LogP contribution in [0.25, 0.3) is 0 Å². The Kier molecular flexibility index (Phi) is 10.7. The van der Waals surface area contributed by atoms with E-state index in [1.807, 2.05) is 6.92 Å². The molecule has 0 saturated carbocycles. The van der Waals surface area contributed by atoms with E-state index in [1.54, 1.807) is 31.2 Å². The molecule has 208 valence electrons. The van der Waals surface area contributed by atoms with Gasteiger partial charge < -0.3 is 15.0 Å². The summed E-state index contributed by atoms with van der Waals surface area (Å²) < 4.78 is 46.4. The standard InChI is InChI=1S/C28H31ClFN3O5S/c1-3-4-17-31-28(35)20(2)33(18-21-5-7-22(29)8-6-21)27(34)19-38-25-13-15-26(16-14-25)39(36,37)32-24-11-9-23(30)10-12-24/h5-16,20,32H,3-4,17-19H2,1-2H3,(H,31,35)/t20-/m0/s1. The highest BCUT2D eigenvalue weighted by atomic mass is 35.5. The Morgan fingerprint density at radius 1 is 1.00 bits per heavy atom. The minimum atomic E-state index is -3.91. The number of anilines is 1. The van der Waals surface area contributed by atoms with Crippen LogP contribution in [0.5, 0.6) is 5.75 Å². The average Bonchev–Trinajstić information content (AvgIpc) is 2.92. The number of sulfonamides is 1. The molecule has 3 aromatic carbocycles. The predicted octanol–water partition coefficient (Wildman–Crippen LogP) is 4.99. The second-order valence-corrected chi connectivity index (χ2v) is 11.0. The summed E-state index contributed by atoms with van der Waals surface area (Å²) in [5.41, 5.74) is 1.01. The van der Waals surface area contributed by atoms with Crippen molar-refractivity contribution in [1.29, 1.82) is 0 Å².